The summed E-state index contributed by atoms with van der Waals surface area (Å²) in [6.07, 6.45) is 2.09. The van der Waals surface area contributed by atoms with E-state index in [2.05, 4.69) is 20.9 Å². The van der Waals surface area contributed by atoms with Gasteiger partial charge in [-0.1, -0.05) is 52.3 Å². The first kappa shape index (κ1) is 18.4. The van der Waals surface area contributed by atoms with Crippen LogP contribution in [0.2, 0.25) is 0 Å². The second-order valence-electron chi connectivity index (χ2n) is 5.99. The van der Waals surface area contributed by atoms with Gasteiger partial charge in [0.15, 0.2) is 0 Å². The van der Waals surface area contributed by atoms with Crippen molar-refractivity contribution in [2.75, 3.05) is 5.33 Å². The Bertz CT molecular complexity index is 883. The number of benzene rings is 2. The van der Waals surface area contributed by atoms with Crippen LogP contribution < -0.4 is 4.74 Å². The molecule has 4 nitrogen and oxygen atoms in total. The van der Waals surface area contributed by atoms with Crippen molar-refractivity contribution in [1.82, 2.24) is 4.98 Å². The predicted molar refractivity (Wildman–Crippen MR) is 106 cm³/mol. The minimum Gasteiger partial charge on any atom is -0.488 e. The molecule has 26 heavy (non-hydrogen) atoms. The summed E-state index contributed by atoms with van der Waals surface area (Å²) in [4.78, 5) is 15.7. The molecule has 1 heterocycles. The second kappa shape index (κ2) is 8.81. The number of nitrogens with zero attached hydrogens (tertiary/aromatic N) is 1. The Morgan fingerprint density at radius 1 is 1.12 bits per heavy atom. The fraction of sp³-hybridized carbons (Fsp3) is 0.238. The number of halogens is 1. The highest BCUT2D eigenvalue weighted by atomic mass is 79.9. The third kappa shape index (κ3) is 4.61. The van der Waals surface area contributed by atoms with E-state index in [0.29, 0.717) is 18.4 Å². The molecule has 2 aromatic carbocycles. The molecular weight excluding hydrogens is 394 g/mol. The topological polar surface area (TPSA) is 48.4 Å². The zero-order chi connectivity index (χ0) is 18.4. The van der Waals surface area contributed by atoms with Crippen LogP contribution in [0.5, 0.6) is 5.75 Å². The largest absolute Gasteiger partial charge is 0.488 e. The SMILES string of the molecule is CC(=O)OC(CBr)Cc1ccc2ncccc2c1OCc1ccccc1. The van der Waals surface area contributed by atoms with Crippen LogP contribution in [-0.4, -0.2) is 22.4 Å². The predicted octanol–water partition coefficient (Wildman–Crippen LogP) is 4.68. The third-order valence-corrected chi connectivity index (χ3v) is 4.72. The molecule has 0 aliphatic carbocycles. The molecule has 5 heteroatoms. The number of carbonyl (C=O) groups excluding carboxylic acids is 1. The lowest BCUT2D eigenvalue weighted by atomic mass is 10.0. The molecule has 0 saturated heterocycles. The molecule has 1 atom stereocenters. The standard InChI is InChI=1S/C21H20BrNO3/c1-15(24)26-18(13-22)12-17-9-10-20-19(8-5-11-23-20)21(17)25-14-16-6-3-2-4-7-16/h2-11,18H,12-14H2,1H3. The van der Waals surface area contributed by atoms with E-state index in [-0.39, 0.29) is 12.1 Å². The quantitative estimate of drug-likeness (QED) is 0.416. The smallest absolute Gasteiger partial charge is 0.302 e. The molecule has 1 aromatic heterocycles. The van der Waals surface area contributed by atoms with E-state index in [4.69, 9.17) is 9.47 Å². The van der Waals surface area contributed by atoms with Gasteiger partial charge in [-0.25, -0.2) is 0 Å². The average molecular weight is 414 g/mol. The first-order valence-electron chi connectivity index (χ1n) is 8.44. The molecule has 134 valence electrons. The summed E-state index contributed by atoms with van der Waals surface area (Å²) in [7, 11) is 0. The number of esters is 1. The maximum atomic E-state index is 11.3. The third-order valence-electron chi connectivity index (χ3n) is 4.00. The van der Waals surface area contributed by atoms with Crippen LogP contribution in [0.4, 0.5) is 0 Å². The fourth-order valence-electron chi connectivity index (χ4n) is 2.84. The molecular formula is C21H20BrNO3. The highest BCUT2D eigenvalue weighted by Gasteiger charge is 2.17. The fourth-order valence-corrected chi connectivity index (χ4v) is 3.20. The van der Waals surface area contributed by atoms with E-state index in [0.717, 1.165) is 27.8 Å². The van der Waals surface area contributed by atoms with Gasteiger partial charge in [0.1, 0.15) is 18.5 Å². The first-order chi connectivity index (χ1) is 12.7. The number of rotatable bonds is 7. The van der Waals surface area contributed by atoms with E-state index < -0.39 is 0 Å². The molecule has 0 fully saturated rings. The molecule has 0 aliphatic rings. The van der Waals surface area contributed by atoms with Gasteiger partial charge in [-0.15, -0.1) is 0 Å². The van der Waals surface area contributed by atoms with Crippen LogP contribution in [0.1, 0.15) is 18.1 Å². The lowest BCUT2D eigenvalue weighted by molar-refractivity contribution is -0.145. The summed E-state index contributed by atoms with van der Waals surface area (Å²) in [5.74, 6) is 0.501. The second-order valence-corrected chi connectivity index (χ2v) is 6.64. The van der Waals surface area contributed by atoms with Crippen molar-refractivity contribution in [2.24, 2.45) is 0 Å². The van der Waals surface area contributed by atoms with Crippen LogP contribution >= 0.6 is 15.9 Å². The maximum absolute atomic E-state index is 11.3. The van der Waals surface area contributed by atoms with Crippen LogP contribution in [0.3, 0.4) is 0 Å². The van der Waals surface area contributed by atoms with Gasteiger partial charge in [0.2, 0.25) is 0 Å². The van der Waals surface area contributed by atoms with Crippen LogP contribution in [0.15, 0.2) is 60.8 Å². The molecule has 0 radical (unpaired) electrons. The van der Waals surface area contributed by atoms with Crippen molar-refractivity contribution in [3.63, 3.8) is 0 Å². The Morgan fingerprint density at radius 2 is 1.92 bits per heavy atom. The number of hydrogen-bond acceptors (Lipinski definition) is 4. The zero-order valence-corrected chi connectivity index (χ0v) is 16.1. The molecule has 3 rings (SSSR count). The van der Waals surface area contributed by atoms with Gasteiger partial charge in [0.05, 0.1) is 5.52 Å². The van der Waals surface area contributed by atoms with Crippen molar-refractivity contribution in [3.05, 3.63) is 71.9 Å². The number of hydrogen-bond donors (Lipinski definition) is 0. The summed E-state index contributed by atoms with van der Waals surface area (Å²) < 4.78 is 11.6. The monoisotopic (exact) mass is 413 g/mol. The minimum atomic E-state index is -0.288. The van der Waals surface area contributed by atoms with Gasteiger partial charge in [-0.05, 0) is 29.3 Å². The number of alkyl halides is 1. The van der Waals surface area contributed by atoms with Crippen molar-refractivity contribution >= 4 is 32.8 Å². The van der Waals surface area contributed by atoms with E-state index in [1.807, 2.05) is 54.6 Å². The van der Waals surface area contributed by atoms with E-state index >= 15 is 0 Å². The van der Waals surface area contributed by atoms with Gasteiger partial charge < -0.3 is 9.47 Å². The van der Waals surface area contributed by atoms with Gasteiger partial charge in [-0.2, -0.15) is 0 Å². The Hall–Kier alpha value is -2.40. The Kier molecular flexibility index (Phi) is 6.23. The zero-order valence-electron chi connectivity index (χ0n) is 14.5. The van der Waals surface area contributed by atoms with Crippen molar-refractivity contribution in [1.29, 1.82) is 0 Å². The van der Waals surface area contributed by atoms with Crippen LogP contribution in [0, 0.1) is 0 Å². The molecule has 0 N–H and O–H groups in total. The number of ether oxygens (including phenoxy) is 2. The molecule has 3 aromatic rings. The van der Waals surface area contributed by atoms with E-state index in [9.17, 15) is 4.79 Å². The summed E-state index contributed by atoms with van der Waals surface area (Å²) in [5.41, 5.74) is 2.96. The summed E-state index contributed by atoms with van der Waals surface area (Å²) in [5, 5.41) is 1.52. The van der Waals surface area contributed by atoms with Gasteiger partial charge in [0.25, 0.3) is 0 Å². The average Bonchev–Trinajstić information content (AvgIpc) is 2.66. The Balaban J connectivity index is 1.92. The minimum absolute atomic E-state index is 0.249. The van der Waals surface area contributed by atoms with Crippen LogP contribution in [0.25, 0.3) is 10.9 Å². The lowest BCUT2D eigenvalue weighted by Crippen LogP contribution is -2.21. The van der Waals surface area contributed by atoms with Gasteiger partial charge in [-0.3, -0.25) is 9.78 Å². The maximum Gasteiger partial charge on any atom is 0.302 e. The van der Waals surface area contributed by atoms with Gasteiger partial charge >= 0.3 is 5.97 Å². The molecule has 0 aliphatic heterocycles. The Morgan fingerprint density at radius 3 is 2.65 bits per heavy atom. The van der Waals surface area contributed by atoms with Crippen LogP contribution in [-0.2, 0) is 22.6 Å². The summed E-state index contributed by atoms with van der Waals surface area (Å²) in [6.45, 7) is 1.89. The number of fused-ring (bicyclic) bond motifs is 1. The lowest BCUT2D eigenvalue weighted by Gasteiger charge is -2.18. The first-order valence-corrected chi connectivity index (χ1v) is 9.56. The van der Waals surface area contributed by atoms with Gasteiger partial charge in [0, 0.05) is 30.3 Å². The molecule has 0 bridgehead atoms. The molecule has 0 spiro atoms. The molecule has 0 amide bonds. The summed E-state index contributed by atoms with van der Waals surface area (Å²) >= 11 is 3.42. The van der Waals surface area contributed by atoms with E-state index in [1.165, 1.54) is 6.92 Å². The highest BCUT2D eigenvalue weighted by molar-refractivity contribution is 9.09. The number of aromatic nitrogens is 1. The van der Waals surface area contributed by atoms with Crippen molar-refractivity contribution < 1.29 is 14.3 Å². The molecule has 1 unspecified atom stereocenters. The highest BCUT2D eigenvalue weighted by Crippen LogP contribution is 2.31. The summed E-state index contributed by atoms with van der Waals surface area (Å²) in [6, 6.07) is 17.9. The van der Waals surface area contributed by atoms with Crippen molar-refractivity contribution in [3.8, 4) is 5.75 Å². The number of pyridine rings is 1. The number of carbonyl (C=O) groups is 1. The Labute approximate surface area is 161 Å². The molecule has 0 saturated carbocycles. The van der Waals surface area contributed by atoms with E-state index in [1.54, 1.807) is 6.20 Å². The normalized spacial score (nSPS) is 11.9. The van der Waals surface area contributed by atoms with Crippen molar-refractivity contribution in [2.45, 2.75) is 26.1 Å².